The maximum Gasteiger partial charge on any atom is 0.180 e. The van der Waals surface area contributed by atoms with E-state index in [1.54, 1.807) is 0 Å². The monoisotopic (exact) mass is 247 g/mol. The van der Waals surface area contributed by atoms with Crippen LogP contribution >= 0.6 is 11.3 Å². The Kier molecular flexibility index (Phi) is 3.64. The summed E-state index contributed by atoms with van der Waals surface area (Å²) in [4.78, 5) is 4.21. The standard InChI is InChI=1S/C13H17N3S/c1-9(2)10-3-5-11(6-4-10)15-7-12-8-17-13(14)16-12/h3-6,8-9,15H,7H2,1-2H3,(H2,14,16). The van der Waals surface area contributed by atoms with Crippen molar-refractivity contribution >= 4 is 22.2 Å². The molecular weight excluding hydrogens is 230 g/mol. The second kappa shape index (κ2) is 5.19. The van der Waals surface area contributed by atoms with Gasteiger partial charge in [-0.2, -0.15) is 0 Å². The van der Waals surface area contributed by atoms with Crippen LogP contribution in [0.3, 0.4) is 0 Å². The van der Waals surface area contributed by atoms with Crippen LogP contribution in [0.25, 0.3) is 0 Å². The van der Waals surface area contributed by atoms with Gasteiger partial charge in [0.05, 0.1) is 12.2 Å². The number of nitrogens with one attached hydrogen (secondary N) is 1. The molecule has 0 saturated carbocycles. The zero-order valence-electron chi connectivity index (χ0n) is 10.1. The Hall–Kier alpha value is -1.55. The quantitative estimate of drug-likeness (QED) is 0.870. The van der Waals surface area contributed by atoms with Crippen LogP contribution in [0, 0.1) is 0 Å². The molecule has 0 bridgehead atoms. The van der Waals surface area contributed by atoms with Crippen LogP contribution in [0.2, 0.25) is 0 Å². The van der Waals surface area contributed by atoms with Crippen molar-refractivity contribution < 1.29 is 0 Å². The van der Waals surface area contributed by atoms with Crippen LogP contribution < -0.4 is 11.1 Å². The lowest BCUT2D eigenvalue weighted by molar-refractivity contribution is 0.866. The van der Waals surface area contributed by atoms with E-state index < -0.39 is 0 Å². The zero-order valence-corrected chi connectivity index (χ0v) is 10.9. The summed E-state index contributed by atoms with van der Waals surface area (Å²) in [5.74, 6) is 0.572. The number of nitrogen functional groups attached to an aromatic ring is 1. The van der Waals surface area contributed by atoms with Gasteiger partial charge in [0, 0.05) is 11.1 Å². The maximum atomic E-state index is 5.58. The Balaban J connectivity index is 1.95. The lowest BCUT2D eigenvalue weighted by Crippen LogP contribution is -2.00. The van der Waals surface area contributed by atoms with Crippen molar-refractivity contribution in [1.82, 2.24) is 4.98 Å². The summed E-state index contributed by atoms with van der Waals surface area (Å²) in [5, 5.41) is 5.93. The van der Waals surface area contributed by atoms with Crippen LogP contribution in [-0.4, -0.2) is 4.98 Å². The first-order valence-electron chi connectivity index (χ1n) is 5.69. The Morgan fingerprint density at radius 3 is 2.53 bits per heavy atom. The van der Waals surface area contributed by atoms with E-state index in [1.165, 1.54) is 16.9 Å². The largest absolute Gasteiger partial charge is 0.379 e. The lowest BCUT2D eigenvalue weighted by atomic mass is 10.0. The predicted octanol–water partition coefficient (Wildman–Crippen LogP) is 3.46. The molecule has 0 aliphatic rings. The van der Waals surface area contributed by atoms with Crippen LogP contribution in [0.1, 0.15) is 31.0 Å². The molecule has 0 aliphatic carbocycles. The van der Waals surface area contributed by atoms with Crippen molar-refractivity contribution in [2.75, 3.05) is 11.1 Å². The minimum atomic E-state index is 0.572. The van der Waals surface area contributed by atoms with E-state index in [4.69, 9.17) is 5.73 Å². The Morgan fingerprint density at radius 2 is 2.00 bits per heavy atom. The van der Waals surface area contributed by atoms with E-state index in [0.717, 1.165) is 11.4 Å². The number of benzene rings is 1. The van der Waals surface area contributed by atoms with Crippen molar-refractivity contribution in [2.24, 2.45) is 0 Å². The normalized spacial score (nSPS) is 10.8. The van der Waals surface area contributed by atoms with Gasteiger partial charge in [0.15, 0.2) is 5.13 Å². The number of anilines is 2. The van der Waals surface area contributed by atoms with Gasteiger partial charge in [-0.15, -0.1) is 11.3 Å². The van der Waals surface area contributed by atoms with Gasteiger partial charge in [0.1, 0.15) is 0 Å². The summed E-state index contributed by atoms with van der Waals surface area (Å²) < 4.78 is 0. The molecule has 0 spiro atoms. The average Bonchev–Trinajstić information content (AvgIpc) is 2.73. The Morgan fingerprint density at radius 1 is 1.29 bits per heavy atom. The molecule has 0 radical (unpaired) electrons. The van der Waals surface area contributed by atoms with Gasteiger partial charge in [0.2, 0.25) is 0 Å². The molecule has 17 heavy (non-hydrogen) atoms. The lowest BCUT2D eigenvalue weighted by Gasteiger charge is -2.08. The van der Waals surface area contributed by atoms with E-state index in [0.29, 0.717) is 17.6 Å². The summed E-state index contributed by atoms with van der Waals surface area (Å²) >= 11 is 1.47. The molecule has 0 atom stereocenters. The molecule has 0 aliphatic heterocycles. The molecule has 2 aromatic rings. The average molecular weight is 247 g/mol. The predicted molar refractivity (Wildman–Crippen MR) is 74.4 cm³/mol. The number of rotatable bonds is 4. The molecule has 0 amide bonds. The molecule has 0 saturated heterocycles. The molecule has 1 aromatic carbocycles. The number of nitrogens with zero attached hydrogens (tertiary/aromatic N) is 1. The van der Waals surface area contributed by atoms with Crippen molar-refractivity contribution in [3.63, 3.8) is 0 Å². The number of hydrogen-bond acceptors (Lipinski definition) is 4. The van der Waals surface area contributed by atoms with Gasteiger partial charge in [-0.3, -0.25) is 0 Å². The maximum absolute atomic E-state index is 5.58. The van der Waals surface area contributed by atoms with Crippen LogP contribution in [-0.2, 0) is 6.54 Å². The van der Waals surface area contributed by atoms with E-state index in [9.17, 15) is 0 Å². The van der Waals surface area contributed by atoms with Crippen molar-refractivity contribution in [2.45, 2.75) is 26.3 Å². The molecule has 1 aromatic heterocycles. The number of nitrogens with two attached hydrogens (primary N) is 1. The van der Waals surface area contributed by atoms with Crippen molar-refractivity contribution in [3.05, 3.63) is 40.9 Å². The topological polar surface area (TPSA) is 50.9 Å². The number of thiazole rings is 1. The van der Waals surface area contributed by atoms with Crippen LogP contribution in [0.15, 0.2) is 29.6 Å². The Labute approximate surface area is 106 Å². The fraction of sp³-hybridized carbons (Fsp3) is 0.308. The zero-order chi connectivity index (χ0) is 12.3. The molecule has 0 unspecified atom stereocenters. The third kappa shape index (κ3) is 3.20. The first kappa shape index (κ1) is 11.9. The van der Waals surface area contributed by atoms with Crippen molar-refractivity contribution in [1.29, 1.82) is 0 Å². The SMILES string of the molecule is CC(C)c1ccc(NCc2csc(N)n2)cc1. The minimum Gasteiger partial charge on any atom is -0.379 e. The van der Waals surface area contributed by atoms with E-state index in [1.807, 2.05) is 5.38 Å². The number of hydrogen-bond donors (Lipinski definition) is 2. The third-order valence-electron chi connectivity index (χ3n) is 2.62. The molecular formula is C13H17N3S. The van der Waals surface area contributed by atoms with Gasteiger partial charge in [0.25, 0.3) is 0 Å². The Bertz CT molecular complexity index is 474. The molecule has 0 fully saturated rings. The van der Waals surface area contributed by atoms with Gasteiger partial charge in [-0.05, 0) is 23.6 Å². The highest BCUT2D eigenvalue weighted by atomic mass is 32.1. The van der Waals surface area contributed by atoms with Gasteiger partial charge < -0.3 is 11.1 Å². The molecule has 3 nitrogen and oxygen atoms in total. The molecule has 3 N–H and O–H groups in total. The second-order valence-corrected chi connectivity index (χ2v) is 5.20. The van der Waals surface area contributed by atoms with E-state index in [-0.39, 0.29) is 0 Å². The molecule has 4 heteroatoms. The van der Waals surface area contributed by atoms with Crippen LogP contribution in [0.5, 0.6) is 0 Å². The first-order valence-corrected chi connectivity index (χ1v) is 6.57. The molecule has 2 rings (SSSR count). The van der Waals surface area contributed by atoms with Gasteiger partial charge >= 0.3 is 0 Å². The van der Waals surface area contributed by atoms with Crippen LogP contribution in [0.4, 0.5) is 10.8 Å². The fourth-order valence-electron chi connectivity index (χ4n) is 1.58. The molecule has 1 heterocycles. The third-order valence-corrected chi connectivity index (χ3v) is 3.34. The first-order chi connectivity index (χ1) is 8.15. The number of aromatic nitrogens is 1. The van der Waals surface area contributed by atoms with Gasteiger partial charge in [-0.25, -0.2) is 4.98 Å². The summed E-state index contributed by atoms with van der Waals surface area (Å²) in [6.45, 7) is 5.11. The van der Waals surface area contributed by atoms with E-state index in [2.05, 4.69) is 48.4 Å². The smallest absolute Gasteiger partial charge is 0.180 e. The summed E-state index contributed by atoms with van der Waals surface area (Å²) in [7, 11) is 0. The van der Waals surface area contributed by atoms with Crippen molar-refractivity contribution in [3.8, 4) is 0 Å². The summed E-state index contributed by atoms with van der Waals surface area (Å²) in [5.41, 5.74) is 9.03. The highest BCUT2D eigenvalue weighted by Gasteiger charge is 2.00. The summed E-state index contributed by atoms with van der Waals surface area (Å²) in [6, 6.07) is 8.51. The molecule has 90 valence electrons. The fourth-order valence-corrected chi connectivity index (χ4v) is 2.15. The van der Waals surface area contributed by atoms with Gasteiger partial charge in [-0.1, -0.05) is 26.0 Å². The second-order valence-electron chi connectivity index (χ2n) is 4.31. The highest BCUT2D eigenvalue weighted by Crippen LogP contribution is 2.18. The highest BCUT2D eigenvalue weighted by molar-refractivity contribution is 7.13. The minimum absolute atomic E-state index is 0.572. The summed E-state index contributed by atoms with van der Waals surface area (Å²) in [6.07, 6.45) is 0. The van der Waals surface area contributed by atoms with E-state index >= 15 is 0 Å².